The number of nitrogens with zero attached hydrogens (tertiary/aromatic N) is 1. The molecule has 2 heterocycles. The first-order chi connectivity index (χ1) is 8.99. The summed E-state index contributed by atoms with van der Waals surface area (Å²) in [6, 6.07) is 0.795. The second kappa shape index (κ2) is 6.25. The quantitative estimate of drug-likeness (QED) is 0.833. The number of carbonyl (C=O) groups is 1. The molecule has 0 bridgehead atoms. The average molecular weight is 266 g/mol. The van der Waals surface area contributed by atoms with E-state index >= 15 is 0 Å². The molecule has 2 aliphatic rings. The SMILES string of the molecule is CC1CC(C)C(C)N(C(=O)CC2NCCCC2C)C1. The normalized spacial score (nSPS) is 40.2. The number of likely N-dealkylation sites (tertiary alicyclic amines) is 1. The van der Waals surface area contributed by atoms with Gasteiger partial charge < -0.3 is 10.2 Å². The summed E-state index contributed by atoms with van der Waals surface area (Å²) in [7, 11) is 0. The highest BCUT2D eigenvalue weighted by Gasteiger charge is 2.33. The van der Waals surface area contributed by atoms with Crippen molar-refractivity contribution in [3.63, 3.8) is 0 Å². The van der Waals surface area contributed by atoms with Gasteiger partial charge in [-0.2, -0.15) is 0 Å². The van der Waals surface area contributed by atoms with Gasteiger partial charge in [-0.05, 0) is 50.5 Å². The number of piperidine rings is 2. The van der Waals surface area contributed by atoms with Gasteiger partial charge in [-0.1, -0.05) is 20.8 Å². The molecule has 5 atom stereocenters. The Morgan fingerprint density at radius 3 is 2.63 bits per heavy atom. The third-order valence-corrected chi connectivity index (χ3v) is 5.24. The molecule has 1 amide bonds. The highest BCUT2D eigenvalue weighted by molar-refractivity contribution is 5.77. The van der Waals surface area contributed by atoms with Crippen LogP contribution in [0.15, 0.2) is 0 Å². The average Bonchev–Trinajstić information content (AvgIpc) is 2.36. The Balaban J connectivity index is 1.94. The van der Waals surface area contributed by atoms with Crippen molar-refractivity contribution < 1.29 is 4.79 Å². The van der Waals surface area contributed by atoms with Crippen LogP contribution in [0.5, 0.6) is 0 Å². The molecule has 2 rings (SSSR count). The van der Waals surface area contributed by atoms with E-state index in [1.54, 1.807) is 0 Å². The van der Waals surface area contributed by atoms with E-state index < -0.39 is 0 Å². The molecule has 2 saturated heterocycles. The van der Waals surface area contributed by atoms with Gasteiger partial charge in [-0.3, -0.25) is 4.79 Å². The minimum Gasteiger partial charge on any atom is -0.339 e. The zero-order valence-corrected chi connectivity index (χ0v) is 13.0. The van der Waals surface area contributed by atoms with Crippen LogP contribution in [0.2, 0.25) is 0 Å². The minimum atomic E-state index is 0.358. The van der Waals surface area contributed by atoms with E-state index in [4.69, 9.17) is 0 Å². The van der Waals surface area contributed by atoms with Gasteiger partial charge in [-0.25, -0.2) is 0 Å². The summed E-state index contributed by atoms with van der Waals surface area (Å²) in [5.74, 6) is 2.26. The highest BCUT2D eigenvalue weighted by atomic mass is 16.2. The molecule has 3 heteroatoms. The summed E-state index contributed by atoms with van der Waals surface area (Å²) in [5, 5.41) is 3.53. The molecule has 0 aliphatic carbocycles. The van der Waals surface area contributed by atoms with Crippen molar-refractivity contribution in [3.05, 3.63) is 0 Å². The van der Waals surface area contributed by atoms with E-state index in [-0.39, 0.29) is 0 Å². The summed E-state index contributed by atoms with van der Waals surface area (Å²) >= 11 is 0. The molecule has 0 spiro atoms. The minimum absolute atomic E-state index is 0.358. The number of amides is 1. The molecule has 3 nitrogen and oxygen atoms in total. The zero-order valence-electron chi connectivity index (χ0n) is 13.0. The zero-order chi connectivity index (χ0) is 14.0. The maximum Gasteiger partial charge on any atom is 0.224 e. The largest absolute Gasteiger partial charge is 0.339 e. The van der Waals surface area contributed by atoms with E-state index in [0.717, 1.165) is 13.1 Å². The van der Waals surface area contributed by atoms with Crippen LogP contribution >= 0.6 is 0 Å². The molecule has 5 unspecified atom stereocenters. The molecule has 0 radical (unpaired) electrons. The van der Waals surface area contributed by atoms with Crippen molar-refractivity contribution >= 4 is 5.91 Å². The Labute approximate surface area is 118 Å². The van der Waals surface area contributed by atoms with Crippen molar-refractivity contribution in [2.75, 3.05) is 13.1 Å². The standard InChI is InChI=1S/C16H30N2O/c1-11-8-13(3)14(4)18(10-11)16(19)9-15-12(2)6-5-7-17-15/h11-15,17H,5-10H2,1-4H3. The molecule has 2 fully saturated rings. The molecule has 19 heavy (non-hydrogen) atoms. The fourth-order valence-corrected chi connectivity index (χ4v) is 3.74. The van der Waals surface area contributed by atoms with Crippen molar-refractivity contribution in [1.29, 1.82) is 0 Å². The van der Waals surface area contributed by atoms with Crippen LogP contribution in [0.3, 0.4) is 0 Å². The third kappa shape index (κ3) is 3.50. The van der Waals surface area contributed by atoms with Gasteiger partial charge >= 0.3 is 0 Å². The molecular formula is C16H30N2O. The van der Waals surface area contributed by atoms with Crippen molar-refractivity contribution in [2.45, 2.75) is 65.5 Å². The van der Waals surface area contributed by atoms with Gasteiger partial charge in [0, 0.05) is 25.0 Å². The molecule has 0 aromatic heterocycles. The summed E-state index contributed by atoms with van der Waals surface area (Å²) in [6.45, 7) is 11.1. The predicted octanol–water partition coefficient (Wildman–Crippen LogP) is 2.66. The molecule has 110 valence electrons. The van der Waals surface area contributed by atoms with E-state index in [2.05, 4.69) is 37.9 Å². The lowest BCUT2D eigenvalue weighted by atomic mass is 9.85. The van der Waals surface area contributed by atoms with Gasteiger partial charge in [-0.15, -0.1) is 0 Å². The Kier molecular flexibility index (Phi) is 4.88. The fourth-order valence-electron chi connectivity index (χ4n) is 3.74. The van der Waals surface area contributed by atoms with Crippen LogP contribution in [0, 0.1) is 17.8 Å². The van der Waals surface area contributed by atoms with Crippen molar-refractivity contribution in [3.8, 4) is 0 Å². The Morgan fingerprint density at radius 1 is 1.21 bits per heavy atom. The second-order valence-electron chi connectivity index (χ2n) is 6.99. The highest BCUT2D eigenvalue weighted by Crippen LogP contribution is 2.28. The summed E-state index contributed by atoms with van der Waals surface area (Å²) in [5.41, 5.74) is 0. The van der Waals surface area contributed by atoms with Crippen LogP contribution in [0.25, 0.3) is 0 Å². The monoisotopic (exact) mass is 266 g/mol. The number of hydrogen-bond acceptors (Lipinski definition) is 2. The van der Waals surface area contributed by atoms with Crippen LogP contribution in [-0.2, 0) is 4.79 Å². The van der Waals surface area contributed by atoms with Crippen LogP contribution in [-0.4, -0.2) is 36.0 Å². The Morgan fingerprint density at radius 2 is 1.95 bits per heavy atom. The van der Waals surface area contributed by atoms with E-state index in [0.29, 0.717) is 42.2 Å². The van der Waals surface area contributed by atoms with Gasteiger partial charge in [0.15, 0.2) is 0 Å². The van der Waals surface area contributed by atoms with Gasteiger partial charge in [0.25, 0.3) is 0 Å². The number of hydrogen-bond donors (Lipinski definition) is 1. The number of carbonyl (C=O) groups excluding carboxylic acids is 1. The van der Waals surface area contributed by atoms with Gasteiger partial charge in [0.1, 0.15) is 0 Å². The summed E-state index contributed by atoms with van der Waals surface area (Å²) in [4.78, 5) is 14.7. The van der Waals surface area contributed by atoms with Crippen molar-refractivity contribution in [2.24, 2.45) is 17.8 Å². The summed E-state index contributed by atoms with van der Waals surface area (Å²) < 4.78 is 0. The van der Waals surface area contributed by atoms with E-state index in [1.807, 2.05) is 0 Å². The van der Waals surface area contributed by atoms with Crippen LogP contribution in [0.1, 0.15) is 53.4 Å². The molecular weight excluding hydrogens is 236 g/mol. The second-order valence-corrected chi connectivity index (χ2v) is 6.99. The van der Waals surface area contributed by atoms with Crippen LogP contribution < -0.4 is 5.32 Å². The smallest absolute Gasteiger partial charge is 0.224 e. The predicted molar refractivity (Wildman–Crippen MR) is 78.9 cm³/mol. The van der Waals surface area contributed by atoms with Crippen LogP contribution in [0.4, 0.5) is 0 Å². The first-order valence-electron chi connectivity index (χ1n) is 8.02. The maximum atomic E-state index is 12.6. The van der Waals surface area contributed by atoms with E-state index in [9.17, 15) is 4.79 Å². The van der Waals surface area contributed by atoms with Gasteiger partial charge in [0.05, 0.1) is 0 Å². The number of rotatable bonds is 2. The molecule has 2 aliphatic heterocycles. The Bertz CT molecular complexity index is 318. The fraction of sp³-hybridized carbons (Fsp3) is 0.938. The molecule has 0 aromatic carbocycles. The third-order valence-electron chi connectivity index (χ3n) is 5.24. The van der Waals surface area contributed by atoms with E-state index in [1.165, 1.54) is 19.3 Å². The lowest BCUT2D eigenvalue weighted by Crippen LogP contribution is -2.51. The number of nitrogens with one attached hydrogen (secondary N) is 1. The molecule has 1 N–H and O–H groups in total. The molecule has 0 saturated carbocycles. The Hall–Kier alpha value is -0.570. The maximum absolute atomic E-state index is 12.6. The van der Waals surface area contributed by atoms with Gasteiger partial charge in [0.2, 0.25) is 5.91 Å². The molecule has 0 aromatic rings. The topological polar surface area (TPSA) is 32.3 Å². The lowest BCUT2D eigenvalue weighted by molar-refractivity contribution is -0.138. The lowest BCUT2D eigenvalue weighted by Gasteiger charge is -2.42. The first kappa shape index (κ1) is 14.8. The summed E-state index contributed by atoms with van der Waals surface area (Å²) in [6.07, 6.45) is 4.45. The van der Waals surface area contributed by atoms with Crippen molar-refractivity contribution in [1.82, 2.24) is 10.2 Å². The first-order valence-corrected chi connectivity index (χ1v) is 8.02.